The van der Waals surface area contributed by atoms with Crippen molar-refractivity contribution in [2.75, 3.05) is 39.2 Å². The lowest BCUT2D eigenvalue weighted by atomic mass is 10.1. The van der Waals surface area contributed by atoms with Gasteiger partial charge in [-0.25, -0.2) is 0 Å². The second kappa shape index (κ2) is 5.71. The number of benzene rings is 1. The van der Waals surface area contributed by atoms with Crippen molar-refractivity contribution >= 4 is 11.5 Å². The first-order chi connectivity index (χ1) is 9.43. The van der Waals surface area contributed by atoms with Gasteiger partial charge in [-0.15, -0.1) is 0 Å². The predicted molar refractivity (Wildman–Crippen MR) is 82.9 cm³/mol. The number of nitrogens with two attached hydrogens (primary N) is 1. The largest absolute Gasteiger partial charge is 0.497 e. The van der Waals surface area contributed by atoms with Gasteiger partial charge in [-0.3, -0.25) is 5.41 Å². The van der Waals surface area contributed by atoms with Crippen LogP contribution >= 0.6 is 0 Å². The van der Waals surface area contributed by atoms with E-state index in [1.807, 2.05) is 18.2 Å². The van der Waals surface area contributed by atoms with E-state index < -0.39 is 0 Å². The summed E-state index contributed by atoms with van der Waals surface area (Å²) in [6, 6.07) is 6.20. The van der Waals surface area contributed by atoms with Crippen LogP contribution in [0.3, 0.4) is 0 Å². The number of rotatable bonds is 4. The number of anilines is 1. The van der Waals surface area contributed by atoms with Crippen LogP contribution in [0.25, 0.3) is 0 Å². The SMILES string of the molecule is COc1ccc(C(=N)N)c(N2CC(C)C(N(C)C)C2)c1. The van der Waals surface area contributed by atoms with Crippen molar-refractivity contribution in [3.63, 3.8) is 0 Å². The van der Waals surface area contributed by atoms with E-state index >= 15 is 0 Å². The molecular weight excluding hydrogens is 252 g/mol. The van der Waals surface area contributed by atoms with Crippen molar-refractivity contribution < 1.29 is 4.74 Å². The molecule has 5 heteroatoms. The lowest BCUT2D eigenvalue weighted by Gasteiger charge is -2.24. The first-order valence-electron chi connectivity index (χ1n) is 6.87. The molecule has 0 aromatic heterocycles. The van der Waals surface area contributed by atoms with Gasteiger partial charge in [0, 0.05) is 30.8 Å². The molecule has 0 saturated carbocycles. The minimum Gasteiger partial charge on any atom is -0.497 e. The normalized spacial score (nSPS) is 22.4. The number of nitrogens with zero attached hydrogens (tertiary/aromatic N) is 2. The van der Waals surface area contributed by atoms with Crippen LogP contribution in [0.1, 0.15) is 12.5 Å². The Morgan fingerprint density at radius 2 is 2.10 bits per heavy atom. The van der Waals surface area contributed by atoms with E-state index in [9.17, 15) is 0 Å². The van der Waals surface area contributed by atoms with Crippen LogP contribution in [0.2, 0.25) is 0 Å². The first-order valence-corrected chi connectivity index (χ1v) is 6.87. The van der Waals surface area contributed by atoms with Crippen molar-refractivity contribution in [1.82, 2.24) is 4.90 Å². The Kier molecular flexibility index (Phi) is 4.18. The molecule has 0 aliphatic carbocycles. The van der Waals surface area contributed by atoms with Gasteiger partial charge in [-0.05, 0) is 32.1 Å². The Morgan fingerprint density at radius 1 is 1.40 bits per heavy atom. The zero-order valence-corrected chi connectivity index (χ0v) is 12.7. The number of methoxy groups -OCH3 is 1. The number of nitrogens with one attached hydrogen (secondary N) is 1. The lowest BCUT2D eigenvalue weighted by Crippen LogP contribution is -2.34. The number of nitrogen functional groups attached to an aromatic ring is 1. The van der Waals surface area contributed by atoms with Crippen LogP contribution in [0, 0.1) is 11.3 Å². The molecule has 20 heavy (non-hydrogen) atoms. The maximum Gasteiger partial charge on any atom is 0.124 e. The molecule has 0 amide bonds. The third-order valence-electron chi connectivity index (χ3n) is 4.07. The third kappa shape index (κ3) is 2.72. The molecule has 1 fully saturated rings. The molecule has 2 rings (SSSR count). The molecule has 0 radical (unpaired) electrons. The van der Waals surface area contributed by atoms with E-state index in [1.54, 1.807) is 7.11 Å². The summed E-state index contributed by atoms with van der Waals surface area (Å²) in [4.78, 5) is 4.56. The zero-order valence-electron chi connectivity index (χ0n) is 12.7. The van der Waals surface area contributed by atoms with Gasteiger partial charge in [-0.1, -0.05) is 6.92 Å². The van der Waals surface area contributed by atoms with E-state index in [1.165, 1.54) is 0 Å². The van der Waals surface area contributed by atoms with Gasteiger partial charge in [0.2, 0.25) is 0 Å². The van der Waals surface area contributed by atoms with E-state index in [0.717, 1.165) is 30.1 Å². The first kappa shape index (κ1) is 14.7. The van der Waals surface area contributed by atoms with Gasteiger partial charge in [0.05, 0.1) is 12.8 Å². The minimum absolute atomic E-state index is 0.101. The molecule has 0 bridgehead atoms. The van der Waals surface area contributed by atoms with Gasteiger partial charge in [0.15, 0.2) is 0 Å². The number of hydrogen-bond acceptors (Lipinski definition) is 4. The monoisotopic (exact) mass is 276 g/mol. The molecule has 1 aliphatic rings. The minimum atomic E-state index is 0.101. The summed E-state index contributed by atoms with van der Waals surface area (Å²) >= 11 is 0. The summed E-state index contributed by atoms with van der Waals surface area (Å²) in [5.41, 5.74) is 7.48. The summed E-state index contributed by atoms with van der Waals surface area (Å²) in [6.45, 7) is 4.18. The second-order valence-corrected chi connectivity index (χ2v) is 5.71. The summed E-state index contributed by atoms with van der Waals surface area (Å²) in [5, 5.41) is 7.75. The third-order valence-corrected chi connectivity index (χ3v) is 4.07. The maximum atomic E-state index is 7.75. The van der Waals surface area contributed by atoms with E-state index in [-0.39, 0.29) is 5.84 Å². The highest BCUT2D eigenvalue weighted by molar-refractivity contribution is 6.00. The number of hydrogen-bond donors (Lipinski definition) is 2. The predicted octanol–water partition coefficient (Wildman–Crippen LogP) is 1.37. The van der Waals surface area contributed by atoms with Crippen LogP contribution in [-0.4, -0.2) is 51.1 Å². The Labute approximate surface area is 120 Å². The molecule has 1 aliphatic heterocycles. The van der Waals surface area contributed by atoms with Crippen LogP contribution in [0.4, 0.5) is 5.69 Å². The van der Waals surface area contributed by atoms with Gasteiger partial charge >= 0.3 is 0 Å². The highest BCUT2D eigenvalue weighted by Crippen LogP contribution is 2.31. The van der Waals surface area contributed by atoms with Crippen molar-refractivity contribution in [3.8, 4) is 5.75 Å². The van der Waals surface area contributed by atoms with Crippen LogP contribution in [0.5, 0.6) is 5.75 Å². The highest BCUT2D eigenvalue weighted by Gasteiger charge is 2.32. The fraction of sp³-hybridized carbons (Fsp3) is 0.533. The molecule has 1 heterocycles. The molecule has 1 saturated heterocycles. The van der Waals surface area contributed by atoms with Crippen LogP contribution < -0.4 is 15.4 Å². The van der Waals surface area contributed by atoms with Crippen molar-refractivity contribution in [2.45, 2.75) is 13.0 Å². The standard InChI is InChI=1S/C15H24N4O/c1-10-8-19(9-14(10)18(2)3)13-7-11(20-4)5-6-12(13)15(16)17/h5-7,10,14H,8-9H2,1-4H3,(H3,16,17). The van der Waals surface area contributed by atoms with Gasteiger partial charge in [0.25, 0.3) is 0 Å². The topological polar surface area (TPSA) is 65.6 Å². The molecule has 5 nitrogen and oxygen atoms in total. The lowest BCUT2D eigenvalue weighted by molar-refractivity contribution is 0.266. The van der Waals surface area contributed by atoms with Crippen LogP contribution in [-0.2, 0) is 0 Å². The van der Waals surface area contributed by atoms with E-state index in [0.29, 0.717) is 12.0 Å². The second-order valence-electron chi connectivity index (χ2n) is 5.71. The Bertz CT molecular complexity index is 501. The molecule has 0 spiro atoms. The highest BCUT2D eigenvalue weighted by atomic mass is 16.5. The number of amidine groups is 1. The zero-order chi connectivity index (χ0) is 14.9. The Morgan fingerprint density at radius 3 is 2.60 bits per heavy atom. The molecule has 2 atom stereocenters. The quantitative estimate of drug-likeness (QED) is 0.644. The fourth-order valence-corrected chi connectivity index (χ4v) is 2.95. The van der Waals surface area contributed by atoms with E-state index in [2.05, 4.69) is 30.8 Å². The average molecular weight is 276 g/mol. The fourth-order valence-electron chi connectivity index (χ4n) is 2.95. The summed E-state index contributed by atoms with van der Waals surface area (Å²) in [6.07, 6.45) is 0. The average Bonchev–Trinajstić information content (AvgIpc) is 2.80. The smallest absolute Gasteiger partial charge is 0.124 e. The number of ether oxygens (including phenoxy) is 1. The van der Waals surface area contributed by atoms with Crippen LogP contribution in [0.15, 0.2) is 18.2 Å². The summed E-state index contributed by atoms with van der Waals surface area (Å²) in [5.74, 6) is 1.48. The number of likely N-dealkylation sites (N-methyl/N-ethyl adjacent to an activating group) is 1. The molecule has 1 aromatic carbocycles. The van der Waals surface area contributed by atoms with Crippen molar-refractivity contribution in [3.05, 3.63) is 23.8 Å². The molecule has 1 aromatic rings. The van der Waals surface area contributed by atoms with E-state index in [4.69, 9.17) is 15.9 Å². The Balaban J connectivity index is 2.34. The molecule has 110 valence electrons. The van der Waals surface area contributed by atoms with Gasteiger partial charge in [-0.2, -0.15) is 0 Å². The molecular formula is C15H24N4O. The van der Waals surface area contributed by atoms with Gasteiger partial charge < -0.3 is 20.3 Å². The maximum absolute atomic E-state index is 7.75. The molecule has 2 unspecified atom stereocenters. The summed E-state index contributed by atoms with van der Waals surface area (Å²) in [7, 11) is 5.88. The van der Waals surface area contributed by atoms with Crippen molar-refractivity contribution in [1.29, 1.82) is 5.41 Å². The summed E-state index contributed by atoms with van der Waals surface area (Å²) < 4.78 is 5.30. The molecule has 3 N–H and O–H groups in total. The van der Waals surface area contributed by atoms with Crippen molar-refractivity contribution in [2.24, 2.45) is 11.7 Å². The van der Waals surface area contributed by atoms with Gasteiger partial charge in [0.1, 0.15) is 11.6 Å². The Hall–Kier alpha value is -1.75.